The zero-order valence-corrected chi connectivity index (χ0v) is 12.5. The maximum absolute atomic E-state index is 11.3. The summed E-state index contributed by atoms with van der Waals surface area (Å²) in [6.45, 7) is 0.999. The molecule has 3 N–H and O–H groups in total. The van der Waals surface area contributed by atoms with Crippen molar-refractivity contribution in [3.63, 3.8) is 0 Å². The third kappa shape index (κ3) is 3.25. The van der Waals surface area contributed by atoms with Crippen molar-refractivity contribution in [1.29, 1.82) is 0 Å². The number of nitrogens with one attached hydrogen (secondary N) is 1. The summed E-state index contributed by atoms with van der Waals surface area (Å²) in [5, 5.41) is 0.975. The Kier molecular flexibility index (Phi) is 3.94. The van der Waals surface area contributed by atoms with Crippen molar-refractivity contribution in [3.05, 3.63) is 39.1 Å². The second kappa shape index (κ2) is 5.87. The van der Waals surface area contributed by atoms with Gasteiger partial charge in [0.2, 0.25) is 0 Å². The fraction of sp³-hybridized carbons (Fsp3) is 0.231. The molecular formula is C13H12ClN3O3S. The monoisotopic (exact) mass is 325 g/mol. The molecule has 2 heterocycles. The van der Waals surface area contributed by atoms with E-state index in [2.05, 4.69) is 9.97 Å². The maximum Gasteiger partial charge on any atom is 0.253 e. The molecule has 0 fully saturated rings. The quantitative estimate of drug-likeness (QED) is 0.663. The molecule has 2 aromatic rings. The second-order valence-electron chi connectivity index (χ2n) is 4.37. The van der Waals surface area contributed by atoms with Gasteiger partial charge in [0.25, 0.3) is 5.56 Å². The molecule has 1 aromatic heterocycles. The Labute approximate surface area is 129 Å². The number of aromatic amines is 1. The zero-order valence-electron chi connectivity index (χ0n) is 10.9. The number of H-pyrrole nitrogens is 1. The van der Waals surface area contributed by atoms with Crippen molar-refractivity contribution in [2.75, 3.05) is 18.9 Å². The van der Waals surface area contributed by atoms with Crippen molar-refractivity contribution in [3.8, 4) is 11.5 Å². The summed E-state index contributed by atoms with van der Waals surface area (Å²) in [7, 11) is 0. The van der Waals surface area contributed by atoms with E-state index in [9.17, 15) is 4.79 Å². The Morgan fingerprint density at radius 1 is 1.33 bits per heavy atom. The fourth-order valence-corrected chi connectivity index (χ4v) is 3.02. The van der Waals surface area contributed by atoms with E-state index in [0.29, 0.717) is 40.6 Å². The molecule has 0 unspecified atom stereocenters. The van der Waals surface area contributed by atoms with E-state index >= 15 is 0 Å². The summed E-state index contributed by atoms with van der Waals surface area (Å²) < 4.78 is 11.0. The van der Waals surface area contributed by atoms with Crippen LogP contribution in [-0.4, -0.2) is 23.2 Å². The molecule has 0 saturated carbocycles. The van der Waals surface area contributed by atoms with Crippen LogP contribution in [0, 0.1) is 0 Å². The van der Waals surface area contributed by atoms with E-state index in [1.54, 1.807) is 0 Å². The largest absolute Gasteiger partial charge is 0.486 e. The molecular weight excluding hydrogens is 314 g/mol. The molecule has 0 aliphatic carbocycles. The second-order valence-corrected chi connectivity index (χ2v) is 5.74. The first-order chi connectivity index (χ1) is 10.1. The summed E-state index contributed by atoms with van der Waals surface area (Å²) in [6.07, 6.45) is 0. The lowest BCUT2D eigenvalue weighted by Crippen LogP contribution is -2.15. The third-order valence-electron chi connectivity index (χ3n) is 2.77. The maximum atomic E-state index is 11.3. The van der Waals surface area contributed by atoms with Gasteiger partial charge in [-0.05, 0) is 17.7 Å². The van der Waals surface area contributed by atoms with Crippen molar-refractivity contribution in [2.45, 2.75) is 10.9 Å². The molecule has 0 amide bonds. The summed E-state index contributed by atoms with van der Waals surface area (Å²) >= 11 is 7.53. The molecule has 0 atom stereocenters. The predicted octanol–water partition coefficient (Wildman–Crippen LogP) is 2.07. The lowest BCUT2D eigenvalue weighted by Gasteiger charge is -2.20. The minimum atomic E-state index is -0.273. The van der Waals surface area contributed by atoms with Crippen molar-refractivity contribution in [1.82, 2.24) is 9.97 Å². The number of aromatic nitrogens is 2. The molecule has 0 bridgehead atoms. The minimum absolute atomic E-state index is 0.196. The van der Waals surface area contributed by atoms with Crippen LogP contribution in [-0.2, 0) is 5.75 Å². The van der Waals surface area contributed by atoms with Crippen LogP contribution in [0.25, 0.3) is 0 Å². The van der Waals surface area contributed by atoms with Crippen LogP contribution in [0.4, 0.5) is 5.82 Å². The number of nitrogen functional groups attached to an aromatic ring is 1. The number of fused-ring (bicyclic) bond motifs is 1. The summed E-state index contributed by atoms with van der Waals surface area (Å²) in [5.74, 6) is 1.98. The Balaban J connectivity index is 1.79. The topological polar surface area (TPSA) is 90.2 Å². The molecule has 0 spiro atoms. The average molecular weight is 326 g/mol. The van der Waals surface area contributed by atoms with Crippen LogP contribution in [0.5, 0.6) is 11.5 Å². The van der Waals surface area contributed by atoms with E-state index in [1.807, 2.05) is 12.1 Å². The Morgan fingerprint density at radius 3 is 2.95 bits per heavy atom. The highest BCUT2D eigenvalue weighted by Crippen LogP contribution is 2.39. The van der Waals surface area contributed by atoms with Gasteiger partial charge in [0.1, 0.15) is 19.0 Å². The lowest BCUT2D eigenvalue weighted by molar-refractivity contribution is 0.171. The van der Waals surface area contributed by atoms with Gasteiger partial charge in [0, 0.05) is 11.8 Å². The lowest BCUT2D eigenvalue weighted by atomic mass is 10.2. The van der Waals surface area contributed by atoms with Crippen LogP contribution in [0.15, 0.2) is 28.2 Å². The number of ether oxygens (including phenoxy) is 2. The van der Waals surface area contributed by atoms with Gasteiger partial charge in [-0.2, -0.15) is 0 Å². The Hall–Kier alpha value is -1.86. The Bertz CT molecular complexity index is 735. The van der Waals surface area contributed by atoms with Gasteiger partial charge in [-0.3, -0.25) is 4.79 Å². The number of nitrogens with two attached hydrogens (primary N) is 1. The standard InChI is InChI=1S/C13H12ClN3O3S/c14-8-3-7(4-9-12(8)20-2-1-19-9)6-21-13-16-10(15)5-11(18)17-13/h3-5H,1-2,6H2,(H3,15,16,17,18). The number of hydrogen-bond donors (Lipinski definition) is 2. The average Bonchev–Trinajstić information content (AvgIpc) is 2.44. The van der Waals surface area contributed by atoms with Crippen LogP contribution in [0.1, 0.15) is 5.56 Å². The first-order valence-corrected chi connectivity index (χ1v) is 7.56. The number of benzene rings is 1. The molecule has 1 aliphatic heterocycles. The molecule has 0 radical (unpaired) electrons. The Morgan fingerprint density at radius 2 is 2.14 bits per heavy atom. The number of thioether (sulfide) groups is 1. The van der Waals surface area contributed by atoms with Crippen molar-refractivity contribution < 1.29 is 9.47 Å². The number of anilines is 1. The molecule has 110 valence electrons. The highest BCUT2D eigenvalue weighted by atomic mass is 35.5. The smallest absolute Gasteiger partial charge is 0.253 e. The number of rotatable bonds is 3. The van der Waals surface area contributed by atoms with E-state index in [4.69, 9.17) is 26.8 Å². The number of halogens is 1. The molecule has 21 heavy (non-hydrogen) atoms. The van der Waals surface area contributed by atoms with E-state index in [-0.39, 0.29) is 11.4 Å². The highest BCUT2D eigenvalue weighted by Gasteiger charge is 2.16. The van der Waals surface area contributed by atoms with E-state index in [1.165, 1.54) is 17.8 Å². The van der Waals surface area contributed by atoms with Crippen molar-refractivity contribution >= 4 is 29.2 Å². The van der Waals surface area contributed by atoms with Crippen LogP contribution in [0.2, 0.25) is 5.02 Å². The molecule has 1 aliphatic rings. The molecule has 1 aromatic carbocycles. The molecule has 3 rings (SSSR count). The minimum Gasteiger partial charge on any atom is -0.486 e. The van der Waals surface area contributed by atoms with Gasteiger partial charge >= 0.3 is 0 Å². The zero-order chi connectivity index (χ0) is 14.8. The van der Waals surface area contributed by atoms with Gasteiger partial charge in [0.05, 0.1) is 5.02 Å². The third-order valence-corrected chi connectivity index (χ3v) is 4.00. The van der Waals surface area contributed by atoms with Gasteiger partial charge in [0.15, 0.2) is 16.7 Å². The van der Waals surface area contributed by atoms with Crippen LogP contribution in [0.3, 0.4) is 0 Å². The molecule has 6 nitrogen and oxygen atoms in total. The summed E-state index contributed by atoms with van der Waals surface area (Å²) in [5.41, 5.74) is 6.21. The predicted molar refractivity (Wildman–Crippen MR) is 81.3 cm³/mol. The van der Waals surface area contributed by atoms with Crippen LogP contribution >= 0.6 is 23.4 Å². The number of hydrogen-bond acceptors (Lipinski definition) is 6. The van der Waals surface area contributed by atoms with Crippen LogP contribution < -0.4 is 20.8 Å². The van der Waals surface area contributed by atoms with Gasteiger partial charge in [-0.1, -0.05) is 23.4 Å². The molecule has 8 heteroatoms. The van der Waals surface area contributed by atoms with Crippen molar-refractivity contribution in [2.24, 2.45) is 0 Å². The molecule has 0 saturated heterocycles. The SMILES string of the molecule is Nc1cc(=O)[nH]c(SCc2cc(Cl)c3c(c2)OCCO3)n1. The summed E-state index contributed by atoms with van der Waals surface area (Å²) in [4.78, 5) is 18.0. The number of nitrogens with zero attached hydrogens (tertiary/aromatic N) is 1. The summed E-state index contributed by atoms with van der Waals surface area (Å²) in [6, 6.07) is 4.93. The van der Waals surface area contributed by atoms with Gasteiger partial charge in [-0.25, -0.2) is 4.98 Å². The first kappa shape index (κ1) is 14.1. The van der Waals surface area contributed by atoms with Gasteiger partial charge < -0.3 is 20.2 Å². The van der Waals surface area contributed by atoms with Gasteiger partial charge in [-0.15, -0.1) is 0 Å². The highest BCUT2D eigenvalue weighted by molar-refractivity contribution is 7.98. The first-order valence-electron chi connectivity index (χ1n) is 6.19. The van der Waals surface area contributed by atoms with E-state index < -0.39 is 0 Å². The van der Waals surface area contributed by atoms with E-state index in [0.717, 1.165) is 5.56 Å². The fourth-order valence-electron chi connectivity index (χ4n) is 1.92. The normalized spacial score (nSPS) is 13.2.